The lowest BCUT2D eigenvalue weighted by molar-refractivity contribution is 0.313. The van der Waals surface area contributed by atoms with Crippen molar-refractivity contribution in [1.82, 2.24) is 9.88 Å². The lowest BCUT2D eigenvalue weighted by Crippen LogP contribution is -2.44. The molecule has 0 N–H and O–H groups in total. The molecule has 1 aromatic carbocycles. The first-order chi connectivity index (χ1) is 8.74. The minimum Gasteiger partial charge on any atom is -0.367 e. The number of nitrogens with zero attached hydrogens (tertiary/aromatic N) is 3. The summed E-state index contributed by atoms with van der Waals surface area (Å²) in [6.45, 7) is 4.42. The largest absolute Gasteiger partial charge is 0.367 e. The standard InChI is InChI=1S/C14H16IN3/c1-17-5-7-18(8-6-17)13-4-2-3-11-9-12(15)10-16-14(11)13/h2-4,9-10H,5-8H2,1H3. The number of rotatable bonds is 1. The first-order valence-electron chi connectivity index (χ1n) is 6.22. The zero-order valence-corrected chi connectivity index (χ0v) is 12.6. The molecule has 0 aliphatic carbocycles. The Bertz CT molecular complexity index is 562. The topological polar surface area (TPSA) is 19.4 Å². The van der Waals surface area contributed by atoms with E-state index in [9.17, 15) is 0 Å². The van der Waals surface area contributed by atoms with Crippen LogP contribution in [0.15, 0.2) is 30.5 Å². The van der Waals surface area contributed by atoms with Crippen molar-refractivity contribution >= 4 is 39.2 Å². The average molecular weight is 353 g/mol. The SMILES string of the molecule is CN1CCN(c2cccc3cc(I)cnc23)CC1. The van der Waals surface area contributed by atoms with Gasteiger partial charge in [-0.05, 0) is 41.8 Å². The summed E-state index contributed by atoms with van der Waals surface area (Å²) in [4.78, 5) is 9.43. The van der Waals surface area contributed by atoms with E-state index < -0.39 is 0 Å². The van der Waals surface area contributed by atoms with Gasteiger partial charge >= 0.3 is 0 Å². The lowest BCUT2D eigenvalue weighted by atomic mass is 10.1. The van der Waals surface area contributed by atoms with E-state index >= 15 is 0 Å². The minimum absolute atomic E-state index is 1.09. The van der Waals surface area contributed by atoms with E-state index in [2.05, 4.69) is 68.7 Å². The second kappa shape index (κ2) is 5.01. The quantitative estimate of drug-likeness (QED) is 0.735. The van der Waals surface area contributed by atoms with Crippen molar-refractivity contribution in [1.29, 1.82) is 0 Å². The Morgan fingerprint density at radius 3 is 2.72 bits per heavy atom. The number of pyridine rings is 1. The number of para-hydroxylation sites is 1. The number of likely N-dealkylation sites (N-methyl/N-ethyl adjacent to an activating group) is 1. The van der Waals surface area contributed by atoms with Gasteiger partial charge in [0.2, 0.25) is 0 Å². The van der Waals surface area contributed by atoms with E-state index in [0.29, 0.717) is 0 Å². The molecular weight excluding hydrogens is 337 g/mol. The predicted octanol–water partition coefficient (Wildman–Crippen LogP) is 2.59. The van der Waals surface area contributed by atoms with Crippen molar-refractivity contribution < 1.29 is 0 Å². The third-order valence-corrected chi connectivity index (χ3v) is 4.09. The molecule has 18 heavy (non-hydrogen) atoms. The number of benzene rings is 1. The molecule has 1 fully saturated rings. The van der Waals surface area contributed by atoms with Crippen LogP contribution in [0.2, 0.25) is 0 Å². The summed E-state index contributed by atoms with van der Waals surface area (Å²) in [6, 6.07) is 8.66. The van der Waals surface area contributed by atoms with Crippen LogP contribution >= 0.6 is 22.6 Å². The molecular formula is C14H16IN3. The van der Waals surface area contributed by atoms with E-state index in [4.69, 9.17) is 0 Å². The van der Waals surface area contributed by atoms with Gasteiger partial charge in [-0.25, -0.2) is 0 Å². The van der Waals surface area contributed by atoms with Gasteiger partial charge in [-0.15, -0.1) is 0 Å². The number of halogens is 1. The zero-order valence-electron chi connectivity index (χ0n) is 10.4. The van der Waals surface area contributed by atoms with Crippen LogP contribution in [0.1, 0.15) is 0 Å². The van der Waals surface area contributed by atoms with E-state index in [0.717, 1.165) is 31.7 Å². The van der Waals surface area contributed by atoms with Gasteiger partial charge in [-0.1, -0.05) is 12.1 Å². The number of aromatic nitrogens is 1. The van der Waals surface area contributed by atoms with Crippen LogP contribution < -0.4 is 4.90 Å². The molecule has 0 saturated carbocycles. The van der Waals surface area contributed by atoms with Crippen LogP contribution in [0.5, 0.6) is 0 Å². The summed E-state index contributed by atoms with van der Waals surface area (Å²) < 4.78 is 1.19. The molecule has 94 valence electrons. The summed E-state index contributed by atoms with van der Waals surface area (Å²) >= 11 is 2.31. The van der Waals surface area contributed by atoms with Crippen molar-refractivity contribution in [2.45, 2.75) is 0 Å². The highest BCUT2D eigenvalue weighted by Crippen LogP contribution is 2.26. The first kappa shape index (κ1) is 12.2. The monoisotopic (exact) mass is 353 g/mol. The predicted molar refractivity (Wildman–Crippen MR) is 84.2 cm³/mol. The third-order valence-electron chi connectivity index (χ3n) is 3.50. The normalized spacial score (nSPS) is 17.3. The Balaban J connectivity index is 2.01. The highest BCUT2D eigenvalue weighted by atomic mass is 127. The van der Waals surface area contributed by atoms with Gasteiger partial charge in [0.1, 0.15) is 0 Å². The number of hydrogen-bond acceptors (Lipinski definition) is 3. The fraction of sp³-hybridized carbons (Fsp3) is 0.357. The molecule has 2 aromatic rings. The van der Waals surface area contributed by atoms with Gasteiger partial charge in [0.05, 0.1) is 11.2 Å². The van der Waals surface area contributed by atoms with E-state index in [1.807, 2.05) is 6.20 Å². The molecule has 0 bridgehead atoms. The highest BCUT2D eigenvalue weighted by Gasteiger charge is 2.16. The molecule has 1 aliphatic rings. The smallest absolute Gasteiger partial charge is 0.0936 e. The van der Waals surface area contributed by atoms with Crippen LogP contribution in [0, 0.1) is 3.57 Å². The summed E-state index contributed by atoms with van der Waals surface area (Å²) in [7, 11) is 2.18. The number of anilines is 1. The second-order valence-electron chi connectivity index (χ2n) is 4.79. The highest BCUT2D eigenvalue weighted by molar-refractivity contribution is 14.1. The average Bonchev–Trinajstić information content (AvgIpc) is 2.38. The summed E-state index contributed by atoms with van der Waals surface area (Å²) in [5.41, 5.74) is 2.40. The van der Waals surface area contributed by atoms with Crippen LogP contribution in [0.3, 0.4) is 0 Å². The van der Waals surface area contributed by atoms with E-state index in [1.165, 1.54) is 14.6 Å². The fourth-order valence-corrected chi connectivity index (χ4v) is 2.90. The van der Waals surface area contributed by atoms with E-state index in [1.54, 1.807) is 0 Å². The van der Waals surface area contributed by atoms with Crippen molar-refractivity contribution in [3.05, 3.63) is 34.0 Å². The Labute approximate surface area is 121 Å². The molecule has 3 nitrogen and oxygen atoms in total. The van der Waals surface area contributed by atoms with Gasteiger partial charge in [-0.2, -0.15) is 0 Å². The molecule has 0 spiro atoms. The maximum atomic E-state index is 4.61. The van der Waals surface area contributed by atoms with Gasteiger partial charge in [-0.3, -0.25) is 4.98 Å². The molecule has 4 heteroatoms. The maximum Gasteiger partial charge on any atom is 0.0936 e. The summed E-state index contributed by atoms with van der Waals surface area (Å²) in [5.74, 6) is 0. The van der Waals surface area contributed by atoms with Gasteiger partial charge < -0.3 is 9.80 Å². The molecule has 0 amide bonds. The molecule has 1 aliphatic heterocycles. The van der Waals surface area contributed by atoms with Crippen LogP contribution in [-0.4, -0.2) is 43.1 Å². The Hall–Kier alpha value is -0.880. The second-order valence-corrected chi connectivity index (χ2v) is 6.04. The molecule has 0 atom stereocenters. The van der Waals surface area contributed by atoms with Crippen molar-refractivity contribution in [3.63, 3.8) is 0 Å². The maximum absolute atomic E-state index is 4.61. The Morgan fingerprint density at radius 2 is 1.94 bits per heavy atom. The van der Waals surface area contributed by atoms with Crippen LogP contribution in [0.4, 0.5) is 5.69 Å². The van der Waals surface area contributed by atoms with Crippen molar-refractivity contribution in [3.8, 4) is 0 Å². The first-order valence-corrected chi connectivity index (χ1v) is 7.30. The Morgan fingerprint density at radius 1 is 1.17 bits per heavy atom. The molecule has 2 heterocycles. The van der Waals surface area contributed by atoms with E-state index in [-0.39, 0.29) is 0 Å². The van der Waals surface area contributed by atoms with Gasteiger partial charge in [0.25, 0.3) is 0 Å². The van der Waals surface area contributed by atoms with Gasteiger partial charge in [0, 0.05) is 41.3 Å². The molecule has 1 saturated heterocycles. The minimum atomic E-state index is 1.09. The summed E-state index contributed by atoms with van der Waals surface area (Å²) in [5, 5.41) is 1.23. The number of fused-ring (bicyclic) bond motifs is 1. The number of hydrogen-bond donors (Lipinski definition) is 0. The van der Waals surface area contributed by atoms with Crippen LogP contribution in [0.25, 0.3) is 10.9 Å². The summed E-state index contributed by atoms with van der Waals surface area (Å²) in [6.07, 6.45) is 1.95. The molecule has 1 aromatic heterocycles. The molecule has 3 rings (SSSR count). The number of piperazine rings is 1. The van der Waals surface area contributed by atoms with Gasteiger partial charge in [0.15, 0.2) is 0 Å². The third kappa shape index (κ3) is 2.31. The van der Waals surface area contributed by atoms with Crippen molar-refractivity contribution in [2.75, 3.05) is 38.1 Å². The molecule has 0 unspecified atom stereocenters. The van der Waals surface area contributed by atoms with Crippen LogP contribution in [-0.2, 0) is 0 Å². The molecule has 0 radical (unpaired) electrons. The lowest BCUT2D eigenvalue weighted by Gasteiger charge is -2.34. The Kier molecular flexibility index (Phi) is 3.39. The zero-order chi connectivity index (χ0) is 12.5. The fourth-order valence-electron chi connectivity index (χ4n) is 2.42. The van der Waals surface area contributed by atoms with Crippen molar-refractivity contribution in [2.24, 2.45) is 0 Å².